The van der Waals surface area contributed by atoms with Crippen LogP contribution in [0.25, 0.3) is 11.4 Å². The van der Waals surface area contributed by atoms with Crippen molar-refractivity contribution in [1.29, 1.82) is 0 Å². The van der Waals surface area contributed by atoms with Crippen molar-refractivity contribution in [1.82, 2.24) is 14.8 Å². The lowest BCUT2D eigenvalue weighted by atomic mass is 10.1. The van der Waals surface area contributed by atoms with Gasteiger partial charge in [-0.05, 0) is 0 Å². The molecule has 0 spiro atoms. The normalized spacial score (nSPS) is 12.7. The summed E-state index contributed by atoms with van der Waals surface area (Å²) in [5.41, 5.74) is 6.68. The Morgan fingerprint density at radius 1 is 1.31 bits per heavy atom. The average Bonchev–Trinajstić information content (AvgIpc) is 2.71. The Morgan fingerprint density at radius 2 is 2.00 bits per heavy atom. The molecule has 0 amide bonds. The smallest absolute Gasteiger partial charge is 0.181 e. The van der Waals surface area contributed by atoms with Gasteiger partial charge >= 0.3 is 0 Å². The molecule has 0 fully saturated rings. The van der Waals surface area contributed by atoms with Gasteiger partial charge in [0.05, 0.1) is 0 Å². The van der Waals surface area contributed by atoms with E-state index in [9.17, 15) is 0 Å². The molecule has 4 heteroatoms. The Labute approximate surface area is 95.1 Å². The summed E-state index contributed by atoms with van der Waals surface area (Å²) in [4.78, 5) is 4.52. The maximum Gasteiger partial charge on any atom is 0.181 e. The molecule has 2 N–H and O–H groups in total. The molecule has 2 rings (SSSR count). The van der Waals surface area contributed by atoms with Crippen LogP contribution in [0.15, 0.2) is 30.3 Å². The Balaban J connectivity index is 2.38. The topological polar surface area (TPSA) is 56.7 Å². The molecular formula is C12H16N4. The van der Waals surface area contributed by atoms with E-state index in [1.165, 1.54) is 0 Å². The summed E-state index contributed by atoms with van der Waals surface area (Å²) in [6, 6.07) is 9.96. The maximum absolute atomic E-state index is 5.64. The minimum Gasteiger partial charge on any atom is -0.330 e. The van der Waals surface area contributed by atoms with Gasteiger partial charge in [-0.25, -0.2) is 4.98 Å². The van der Waals surface area contributed by atoms with Crippen molar-refractivity contribution in [2.75, 3.05) is 6.54 Å². The highest BCUT2D eigenvalue weighted by atomic mass is 15.3. The number of rotatable bonds is 3. The van der Waals surface area contributed by atoms with Crippen LogP contribution in [0.4, 0.5) is 0 Å². The Bertz CT molecular complexity index is 461. The van der Waals surface area contributed by atoms with Crippen LogP contribution in [0.1, 0.15) is 18.7 Å². The third-order valence-corrected chi connectivity index (χ3v) is 2.62. The van der Waals surface area contributed by atoms with Crippen molar-refractivity contribution < 1.29 is 0 Å². The van der Waals surface area contributed by atoms with E-state index >= 15 is 0 Å². The van der Waals surface area contributed by atoms with Crippen LogP contribution in [0.3, 0.4) is 0 Å². The zero-order valence-corrected chi connectivity index (χ0v) is 9.59. The molecule has 1 aromatic carbocycles. The molecule has 0 radical (unpaired) electrons. The standard InChI is InChI=1S/C12H16N4/c1-9(8-13)12-14-11(15-16(12)2)10-6-4-3-5-7-10/h3-7,9H,8,13H2,1-2H3. The fourth-order valence-electron chi connectivity index (χ4n) is 1.64. The first-order valence-electron chi connectivity index (χ1n) is 5.38. The summed E-state index contributed by atoms with van der Waals surface area (Å²) in [6.45, 7) is 2.64. The molecule has 0 saturated carbocycles. The van der Waals surface area contributed by atoms with E-state index < -0.39 is 0 Å². The van der Waals surface area contributed by atoms with Crippen LogP contribution in [0.5, 0.6) is 0 Å². The zero-order valence-electron chi connectivity index (χ0n) is 9.59. The van der Waals surface area contributed by atoms with E-state index in [2.05, 4.69) is 17.0 Å². The van der Waals surface area contributed by atoms with Gasteiger partial charge in [-0.15, -0.1) is 0 Å². The summed E-state index contributed by atoms with van der Waals surface area (Å²) >= 11 is 0. The van der Waals surface area contributed by atoms with Crippen LogP contribution in [-0.4, -0.2) is 21.3 Å². The van der Waals surface area contributed by atoms with Gasteiger partial charge in [-0.1, -0.05) is 37.3 Å². The first kappa shape index (κ1) is 10.8. The number of benzene rings is 1. The third-order valence-electron chi connectivity index (χ3n) is 2.62. The predicted molar refractivity (Wildman–Crippen MR) is 63.9 cm³/mol. The van der Waals surface area contributed by atoms with Crippen molar-refractivity contribution >= 4 is 0 Å². The van der Waals surface area contributed by atoms with Crippen molar-refractivity contribution in [2.24, 2.45) is 12.8 Å². The van der Waals surface area contributed by atoms with Gasteiger partial charge in [-0.2, -0.15) is 5.10 Å². The van der Waals surface area contributed by atoms with Crippen LogP contribution in [-0.2, 0) is 7.05 Å². The molecule has 0 saturated heterocycles. The maximum atomic E-state index is 5.64. The van der Waals surface area contributed by atoms with Gasteiger partial charge in [0.25, 0.3) is 0 Å². The molecule has 1 unspecified atom stereocenters. The monoisotopic (exact) mass is 216 g/mol. The SMILES string of the molecule is CC(CN)c1nc(-c2ccccc2)nn1C. The molecule has 1 heterocycles. The largest absolute Gasteiger partial charge is 0.330 e. The van der Waals surface area contributed by atoms with E-state index in [1.54, 1.807) is 4.68 Å². The molecule has 2 aromatic rings. The fraction of sp³-hybridized carbons (Fsp3) is 0.333. The summed E-state index contributed by atoms with van der Waals surface area (Å²) in [7, 11) is 1.90. The summed E-state index contributed by atoms with van der Waals surface area (Å²) in [6.07, 6.45) is 0. The van der Waals surface area contributed by atoms with E-state index in [-0.39, 0.29) is 5.92 Å². The van der Waals surface area contributed by atoms with Crippen LogP contribution in [0.2, 0.25) is 0 Å². The van der Waals surface area contributed by atoms with Gasteiger partial charge in [0, 0.05) is 25.1 Å². The number of hydrogen-bond donors (Lipinski definition) is 1. The molecule has 0 aliphatic heterocycles. The third kappa shape index (κ3) is 1.97. The number of aromatic nitrogens is 3. The molecule has 1 atom stereocenters. The van der Waals surface area contributed by atoms with Gasteiger partial charge in [0.2, 0.25) is 0 Å². The quantitative estimate of drug-likeness (QED) is 0.846. The molecule has 0 aliphatic rings. The summed E-state index contributed by atoms with van der Waals surface area (Å²) in [5, 5.41) is 4.40. The zero-order chi connectivity index (χ0) is 11.5. The highest BCUT2D eigenvalue weighted by molar-refractivity contribution is 5.54. The Morgan fingerprint density at radius 3 is 2.62 bits per heavy atom. The van der Waals surface area contributed by atoms with Crippen molar-refractivity contribution in [2.45, 2.75) is 12.8 Å². The van der Waals surface area contributed by atoms with Gasteiger partial charge < -0.3 is 5.73 Å². The predicted octanol–water partition coefficient (Wildman–Crippen LogP) is 1.54. The minimum absolute atomic E-state index is 0.231. The number of aryl methyl sites for hydroxylation is 1. The number of nitrogens with two attached hydrogens (primary N) is 1. The molecule has 16 heavy (non-hydrogen) atoms. The molecule has 0 aliphatic carbocycles. The molecule has 84 valence electrons. The van der Waals surface area contributed by atoms with Crippen molar-refractivity contribution in [3.05, 3.63) is 36.2 Å². The van der Waals surface area contributed by atoms with E-state index in [4.69, 9.17) is 5.73 Å². The van der Waals surface area contributed by atoms with Crippen molar-refractivity contribution in [3.63, 3.8) is 0 Å². The second-order valence-corrected chi connectivity index (χ2v) is 3.92. The van der Waals surface area contributed by atoms with Gasteiger partial charge in [0.15, 0.2) is 5.82 Å². The molecular weight excluding hydrogens is 200 g/mol. The number of nitrogens with zero attached hydrogens (tertiary/aromatic N) is 3. The second-order valence-electron chi connectivity index (χ2n) is 3.92. The van der Waals surface area contributed by atoms with E-state index in [1.807, 2.05) is 37.4 Å². The molecule has 0 bridgehead atoms. The summed E-state index contributed by atoms with van der Waals surface area (Å²) < 4.78 is 1.81. The number of hydrogen-bond acceptors (Lipinski definition) is 3. The van der Waals surface area contributed by atoms with Crippen LogP contribution >= 0.6 is 0 Å². The minimum atomic E-state index is 0.231. The molecule has 4 nitrogen and oxygen atoms in total. The molecule has 1 aromatic heterocycles. The lowest BCUT2D eigenvalue weighted by molar-refractivity contribution is 0.629. The fourth-order valence-corrected chi connectivity index (χ4v) is 1.64. The van der Waals surface area contributed by atoms with Gasteiger partial charge in [-0.3, -0.25) is 4.68 Å². The van der Waals surface area contributed by atoms with E-state index in [0.29, 0.717) is 6.54 Å². The summed E-state index contributed by atoms with van der Waals surface area (Å²) in [5.74, 6) is 1.93. The highest BCUT2D eigenvalue weighted by Gasteiger charge is 2.13. The second kappa shape index (κ2) is 4.45. The lowest BCUT2D eigenvalue weighted by Gasteiger charge is -2.05. The lowest BCUT2D eigenvalue weighted by Crippen LogP contribution is -2.13. The highest BCUT2D eigenvalue weighted by Crippen LogP contribution is 2.18. The average molecular weight is 216 g/mol. The van der Waals surface area contributed by atoms with Crippen LogP contribution < -0.4 is 5.73 Å². The van der Waals surface area contributed by atoms with Crippen LogP contribution in [0, 0.1) is 0 Å². The Kier molecular flexibility index (Phi) is 3.01. The first-order chi connectivity index (χ1) is 7.72. The first-order valence-corrected chi connectivity index (χ1v) is 5.38. The Hall–Kier alpha value is -1.68. The van der Waals surface area contributed by atoms with Crippen molar-refractivity contribution in [3.8, 4) is 11.4 Å². The van der Waals surface area contributed by atoms with Gasteiger partial charge in [0.1, 0.15) is 5.82 Å². The van der Waals surface area contributed by atoms with E-state index in [0.717, 1.165) is 17.2 Å².